The molecule has 0 saturated carbocycles. The smallest absolute Gasteiger partial charge is 0.512 e. The molecule has 0 aromatic heterocycles. The van der Waals surface area contributed by atoms with Gasteiger partial charge in [-0.15, -0.1) is 24.9 Å². The molecule has 1 aliphatic carbocycles. The van der Waals surface area contributed by atoms with Crippen molar-refractivity contribution in [3.05, 3.63) is 36.1 Å². The molecule has 0 fully saturated rings. The van der Waals surface area contributed by atoms with E-state index in [1.165, 1.54) is 30.0 Å². The number of carbonyl (C=O) groups excluding carboxylic acids is 1. The van der Waals surface area contributed by atoms with Crippen LogP contribution >= 0.6 is 11.8 Å². The number of alkyl halides is 3. The third kappa shape index (κ3) is 13.5. The average Bonchev–Trinajstić information content (AvgIpc) is 2.66. The highest BCUT2D eigenvalue weighted by atomic mass is 32.2. The van der Waals surface area contributed by atoms with E-state index < -0.39 is 6.36 Å². The molecule has 2 rings (SSSR count). The van der Waals surface area contributed by atoms with Crippen molar-refractivity contribution in [1.82, 2.24) is 0 Å². The first-order valence-corrected chi connectivity index (χ1v) is 10.7. The maximum Gasteiger partial charge on any atom is 0.573 e. The summed E-state index contributed by atoms with van der Waals surface area (Å²) < 4.78 is 39.9. The van der Waals surface area contributed by atoms with Crippen LogP contribution in [0.1, 0.15) is 60.8 Å². The zero-order chi connectivity index (χ0) is 22.2. The fraction of sp³-hybridized carbons (Fsp3) is 0.571. The maximum atomic E-state index is 12.0. The van der Waals surface area contributed by atoms with E-state index in [0.29, 0.717) is 12.8 Å². The van der Waals surface area contributed by atoms with E-state index in [1.807, 2.05) is 41.5 Å². The molecular weight excluding hydrogens is 389 g/mol. The topological polar surface area (TPSA) is 46.5 Å². The van der Waals surface area contributed by atoms with Crippen molar-refractivity contribution in [3.63, 3.8) is 0 Å². The number of carbonyl (C=O) groups is 1. The van der Waals surface area contributed by atoms with Gasteiger partial charge in [0.15, 0.2) is 5.78 Å². The monoisotopic (exact) mass is 422 g/mol. The van der Waals surface area contributed by atoms with Crippen molar-refractivity contribution in [1.29, 1.82) is 0 Å². The van der Waals surface area contributed by atoms with Gasteiger partial charge in [0, 0.05) is 23.8 Å². The van der Waals surface area contributed by atoms with E-state index in [0.717, 1.165) is 17.1 Å². The minimum atomic E-state index is -4.68. The van der Waals surface area contributed by atoms with Gasteiger partial charge in [-0.1, -0.05) is 41.5 Å². The van der Waals surface area contributed by atoms with Crippen molar-refractivity contribution in [3.8, 4) is 5.75 Å². The van der Waals surface area contributed by atoms with E-state index >= 15 is 0 Å². The van der Waals surface area contributed by atoms with Gasteiger partial charge in [-0.2, -0.15) is 0 Å². The molecule has 1 unspecified atom stereocenters. The zero-order valence-electron chi connectivity index (χ0n) is 17.6. The predicted octanol–water partition coefficient (Wildman–Crippen LogP) is 7.57. The lowest BCUT2D eigenvalue weighted by molar-refractivity contribution is -0.274. The highest BCUT2D eigenvalue weighted by molar-refractivity contribution is 7.99. The Morgan fingerprint density at radius 2 is 1.57 bits per heavy atom. The van der Waals surface area contributed by atoms with Crippen LogP contribution in [0.15, 0.2) is 41.0 Å². The van der Waals surface area contributed by atoms with Crippen LogP contribution in [0, 0.1) is 5.92 Å². The molecule has 1 aliphatic rings. The predicted molar refractivity (Wildman–Crippen MR) is 111 cm³/mol. The molecule has 28 heavy (non-hydrogen) atoms. The lowest BCUT2D eigenvalue weighted by Crippen LogP contribution is -2.16. The molecule has 0 radical (unpaired) electrons. The minimum absolute atomic E-state index is 0.0626. The maximum absolute atomic E-state index is 12.0. The Bertz CT molecular complexity index is 555. The molecule has 162 valence electrons. The highest BCUT2D eigenvalue weighted by Crippen LogP contribution is 2.29. The SMILES string of the molecule is CC.CC.CC.O=C1C=C(O)CC(CCSc2ccc(OC(F)(F)F)cc2)C1. The van der Waals surface area contributed by atoms with Crippen LogP contribution in [0.25, 0.3) is 0 Å². The van der Waals surface area contributed by atoms with E-state index in [4.69, 9.17) is 0 Å². The summed E-state index contributed by atoms with van der Waals surface area (Å²) in [6.45, 7) is 12.0. The lowest BCUT2D eigenvalue weighted by Gasteiger charge is -2.18. The number of ketones is 1. The molecule has 1 atom stereocenters. The fourth-order valence-electron chi connectivity index (χ4n) is 2.24. The Kier molecular flexibility index (Phi) is 16.7. The molecule has 1 N–H and O–H groups in total. The number of aliphatic hydroxyl groups is 1. The number of rotatable bonds is 5. The van der Waals surface area contributed by atoms with Gasteiger partial charge >= 0.3 is 6.36 Å². The van der Waals surface area contributed by atoms with Crippen LogP contribution in [0.5, 0.6) is 5.75 Å². The zero-order valence-corrected chi connectivity index (χ0v) is 18.4. The molecule has 0 saturated heterocycles. The fourth-order valence-corrected chi connectivity index (χ4v) is 3.26. The summed E-state index contributed by atoms with van der Waals surface area (Å²) in [6, 6.07) is 5.67. The normalized spacial score (nSPS) is 15.5. The first kappa shape index (κ1) is 28.6. The molecule has 1 aromatic rings. The van der Waals surface area contributed by atoms with Gasteiger partial charge < -0.3 is 9.84 Å². The molecule has 0 bridgehead atoms. The van der Waals surface area contributed by atoms with Crippen molar-refractivity contribution >= 4 is 17.5 Å². The molecule has 3 nitrogen and oxygen atoms in total. The Hall–Kier alpha value is -1.63. The molecule has 0 amide bonds. The third-order valence-corrected chi connectivity index (χ3v) is 4.21. The number of allylic oxidation sites excluding steroid dienone is 2. The first-order valence-electron chi connectivity index (χ1n) is 9.73. The van der Waals surface area contributed by atoms with Crippen LogP contribution in [0.2, 0.25) is 0 Å². The standard InChI is InChI=1S/C15H15F3O3S.3C2H6/c16-15(17,18)21-13-1-3-14(4-2-13)22-6-5-10-7-11(19)9-12(20)8-10;3*1-2/h1-4,9-10,19H,5-8H2;3*1-2H3. The van der Waals surface area contributed by atoms with Gasteiger partial charge in [0.25, 0.3) is 0 Å². The first-order chi connectivity index (χ1) is 13.3. The van der Waals surface area contributed by atoms with Crippen LogP contribution in [0.3, 0.4) is 0 Å². The van der Waals surface area contributed by atoms with Crippen LogP contribution in [-0.2, 0) is 4.79 Å². The summed E-state index contributed by atoms with van der Waals surface area (Å²) >= 11 is 1.49. The van der Waals surface area contributed by atoms with Gasteiger partial charge in [0.2, 0.25) is 0 Å². The molecule has 1 aromatic carbocycles. The minimum Gasteiger partial charge on any atom is -0.512 e. The van der Waals surface area contributed by atoms with Crippen molar-refractivity contribution in [2.45, 2.75) is 72.1 Å². The van der Waals surface area contributed by atoms with E-state index in [2.05, 4.69) is 4.74 Å². The second kappa shape index (κ2) is 16.3. The molecule has 0 aliphatic heterocycles. The number of aliphatic hydroxyl groups excluding tert-OH is 1. The van der Waals surface area contributed by atoms with Crippen LogP contribution in [0.4, 0.5) is 13.2 Å². The Balaban J connectivity index is 0. The number of benzene rings is 1. The van der Waals surface area contributed by atoms with Gasteiger partial charge in [-0.25, -0.2) is 0 Å². The highest BCUT2D eigenvalue weighted by Gasteiger charge is 2.30. The third-order valence-electron chi connectivity index (χ3n) is 3.17. The Morgan fingerprint density at radius 3 is 2.04 bits per heavy atom. The lowest BCUT2D eigenvalue weighted by atomic mass is 9.90. The van der Waals surface area contributed by atoms with Crippen molar-refractivity contribution in [2.75, 3.05) is 5.75 Å². The summed E-state index contributed by atoms with van der Waals surface area (Å²) in [6.07, 6.45) is -1.72. The van der Waals surface area contributed by atoms with Crippen molar-refractivity contribution < 1.29 is 27.8 Å². The Labute approximate surface area is 171 Å². The second-order valence-corrected chi connectivity index (χ2v) is 6.20. The number of halogens is 3. The summed E-state index contributed by atoms with van der Waals surface area (Å²) in [7, 11) is 0. The van der Waals surface area contributed by atoms with E-state index in [-0.39, 0.29) is 23.2 Å². The van der Waals surface area contributed by atoms with Gasteiger partial charge in [-0.05, 0) is 42.4 Å². The van der Waals surface area contributed by atoms with Gasteiger partial charge in [0.1, 0.15) is 5.75 Å². The summed E-state index contributed by atoms with van der Waals surface area (Å²) in [5.41, 5.74) is 0. The second-order valence-electron chi connectivity index (χ2n) is 5.03. The molecule has 7 heteroatoms. The largest absolute Gasteiger partial charge is 0.573 e. The number of hydrogen-bond acceptors (Lipinski definition) is 4. The summed E-state index contributed by atoms with van der Waals surface area (Å²) in [5.74, 6) is 0.667. The van der Waals surface area contributed by atoms with Gasteiger partial charge in [0.05, 0.1) is 5.76 Å². The van der Waals surface area contributed by atoms with E-state index in [1.54, 1.807) is 12.1 Å². The van der Waals surface area contributed by atoms with Gasteiger partial charge in [-0.3, -0.25) is 4.79 Å². The average molecular weight is 423 g/mol. The molecular formula is C21H33F3O3S. The number of thioether (sulfide) groups is 1. The van der Waals surface area contributed by atoms with Crippen molar-refractivity contribution in [2.24, 2.45) is 5.92 Å². The molecule has 0 spiro atoms. The quantitative estimate of drug-likeness (QED) is 0.497. The number of ether oxygens (including phenoxy) is 1. The van der Waals surface area contributed by atoms with E-state index in [9.17, 15) is 23.1 Å². The van der Waals surface area contributed by atoms with Crippen LogP contribution in [-0.4, -0.2) is 23.0 Å². The number of hydrogen-bond donors (Lipinski definition) is 1. The summed E-state index contributed by atoms with van der Waals surface area (Å²) in [4.78, 5) is 12.1. The Morgan fingerprint density at radius 1 is 1.04 bits per heavy atom. The van der Waals surface area contributed by atoms with Crippen LogP contribution < -0.4 is 4.74 Å². The summed E-state index contributed by atoms with van der Waals surface area (Å²) in [5, 5.41) is 9.42. The molecule has 0 heterocycles.